The van der Waals surface area contributed by atoms with Crippen LogP contribution in [0.2, 0.25) is 0 Å². The van der Waals surface area contributed by atoms with E-state index in [4.69, 9.17) is 4.98 Å². The van der Waals surface area contributed by atoms with Gasteiger partial charge in [0.2, 0.25) is 0 Å². The van der Waals surface area contributed by atoms with Crippen LogP contribution in [0.3, 0.4) is 0 Å². The van der Waals surface area contributed by atoms with Gasteiger partial charge in [0.1, 0.15) is 5.82 Å². The Morgan fingerprint density at radius 2 is 2.24 bits per heavy atom. The highest BCUT2D eigenvalue weighted by Gasteiger charge is 2.24. The zero-order chi connectivity index (χ0) is 20.2. The number of hydrogen-bond acceptors (Lipinski definition) is 6. The number of hydrogen-bond donors (Lipinski definition) is 2. The van der Waals surface area contributed by atoms with Crippen LogP contribution in [0.1, 0.15) is 43.7 Å². The molecule has 0 amide bonds. The molecule has 0 aliphatic carbocycles. The fourth-order valence-corrected chi connectivity index (χ4v) is 4.14. The summed E-state index contributed by atoms with van der Waals surface area (Å²) < 4.78 is 2.62. The van der Waals surface area contributed by atoms with Crippen LogP contribution in [-0.4, -0.2) is 38.9 Å². The molecular formula is C21H28N6O2. The Morgan fingerprint density at radius 1 is 1.34 bits per heavy atom. The van der Waals surface area contributed by atoms with Gasteiger partial charge in [-0.3, -0.25) is 0 Å². The number of aromatic nitrogens is 4. The molecule has 0 bridgehead atoms. The number of nitrogens with one attached hydrogen (secondary N) is 1. The maximum atomic E-state index is 11.5. The maximum absolute atomic E-state index is 11.5. The Hall–Kier alpha value is -2.87. The average Bonchev–Trinajstić information content (AvgIpc) is 3.09. The van der Waals surface area contributed by atoms with E-state index in [0.717, 1.165) is 65.4 Å². The molecule has 2 N–H and O–H groups in total. The summed E-state index contributed by atoms with van der Waals surface area (Å²) in [5, 5.41) is 28.9. The zero-order valence-corrected chi connectivity index (χ0v) is 16.8. The summed E-state index contributed by atoms with van der Waals surface area (Å²) >= 11 is 0. The minimum atomic E-state index is 0.202. The minimum absolute atomic E-state index is 0.202. The predicted octanol–water partition coefficient (Wildman–Crippen LogP) is 2.28. The third-order valence-electron chi connectivity index (χ3n) is 5.60. The number of rotatable bonds is 7. The van der Waals surface area contributed by atoms with Crippen molar-refractivity contribution < 1.29 is 9.84 Å². The molecule has 4 rings (SSSR count). The number of piperidine rings is 1. The van der Waals surface area contributed by atoms with Crippen molar-refractivity contribution in [2.24, 2.45) is 0 Å². The lowest BCUT2D eigenvalue weighted by Gasteiger charge is -2.36. The molecule has 1 atom stereocenters. The highest BCUT2D eigenvalue weighted by molar-refractivity contribution is 5.63. The molecule has 0 saturated carbocycles. The molecule has 8 heteroatoms. The second-order valence-electron chi connectivity index (χ2n) is 7.52. The van der Waals surface area contributed by atoms with Crippen LogP contribution >= 0.6 is 0 Å². The van der Waals surface area contributed by atoms with Crippen LogP contribution in [0.25, 0.3) is 5.65 Å². The summed E-state index contributed by atoms with van der Waals surface area (Å²) in [7, 11) is 0. The van der Waals surface area contributed by atoms with Gasteiger partial charge in [0.25, 0.3) is 0 Å². The highest BCUT2D eigenvalue weighted by Crippen LogP contribution is 2.27. The molecule has 3 aromatic heterocycles. The summed E-state index contributed by atoms with van der Waals surface area (Å²) in [4.78, 5) is 7.27. The van der Waals surface area contributed by atoms with E-state index in [1.54, 1.807) is 12.3 Å². The molecule has 0 aromatic carbocycles. The third kappa shape index (κ3) is 4.12. The lowest BCUT2D eigenvalue weighted by Crippen LogP contribution is -2.40. The number of nitrogens with zero attached hydrogens (tertiary/aromatic N) is 5. The number of anilines is 2. The molecule has 8 nitrogen and oxygen atoms in total. The van der Waals surface area contributed by atoms with Gasteiger partial charge in [-0.2, -0.15) is 4.73 Å². The van der Waals surface area contributed by atoms with E-state index in [1.807, 2.05) is 22.8 Å². The quantitative estimate of drug-likeness (QED) is 0.470. The van der Waals surface area contributed by atoms with Gasteiger partial charge >= 0.3 is 0 Å². The Balaban J connectivity index is 1.61. The summed E-state index contributed by atoms with van der Waals surface area (Å²) in [6.45, 7) is 3.79. The summed E-state index contributed by atoms with van der Waals surface area (Å²) in [5.74, 6) is 1.75. The molecular weight excluding hydrogens is 368 g/mol. The van der Waals surface area contributed by atoms with E-state index in [0.29, 0.717) is 12.6 Å². The summed E-state index contributed by atoms with van der Waals surface area (Å²) in [6, 6.07) is 6.00. The van der Waals surface area contributed by atoms with Gasteiger partial charge in [0.15, 0.2) is 23.9 Å². The van der Waals surface area contributed by atoms with Gasteiger partial charge in [-0.25, -0.2) is 9.50 Å². The molecule has 1 fully saturated rings. The number of pyridine rings is 1. The van der Waals surface area contributed by atoms with Crippen LogP contribution in [0, 0.1) is 5.21 Å². The van der Waals surface area contributed by atoms with Crippen molar-refractivity contribution in [2.75, 3.05) is 23.4 Å². The molecule has 4 heterocycles. The molecule has 29 heavy (non-hydrogen) atoms. The smallest absolute Gasteiger partial charge is 0.185 e. The van der Waals surface area contributed by atoms with E-state index in [9.17, 15) is 10.3 Å². The van der Waals surface area contributed by atoms with Gasteiger partial charge in [-0.1, -0.05) is 6.92 Å². The van der Waals surface area contributed by atoms with Crippen molar-refractivity contribution in [3.63, 3.8) is 0 Å². The Kier molecular flexibility index (Phi) is 5.80. The van der Waals surface area contributed by atoms with Crippen LogP contribution in [0.15, 0.2) is 36.8 Å². The molecule has 1 saturated heterocycles. The first kappa shape index (κ1) is 19.4. The van der Waals surface area contributed by atoms with Crippen molar-refractivity contribution in [1.29, 1.82) is 0 Å². The van der Waals surface area contributed by atoms with Gasteiger partial charge in [0.05, 0.1) is 0 Å². The molecule has 154 valence electrons. The normalized spacial score (nSPS) is 17.0. The van der Waals surface area contributed by atoms with Gasteiger partial charge in [-0.05, 0) is 44.2 Å². The Bertz CT molecular complexity index is 971. The molecule has 1 aliphatic rings. The van der Waals surface area contributed by atoms with Crippen LogP contribution < -0.4 is 14.9 Å². The van der Waals surface area contributed by atoms with Gasteiger partial charge in [-0.15, -0.1) is 5.10 Å². The van der Waals surface area contributed by atoms with Gasteiger partial charge < -0.3 is 20.5 Å². The molecule has 0 radical (unpaired) electrons. The fourth-order valence-electron chi connectivity index (χ4n) is 4.14. The van der Waals surface area contributed by atoms with Crippen LogP contribution in [0.4, 0.5) is 11.6 Å². The first-order valence-corrected chi connectivity index (χ1v) is 10.4. The summed E-state index contributed by atoms with van der Waals surface area (Å²) in [6.07, 6.45) is 10.0. The van der Waals surface area contributed by atoms with E-state index in [-0.39, 0.29) is 6.61 Å². The van der Waals surface area contributed by atoms with E-state index < -0.39 is 0 Å². The van der Waals surface area contributed by atoms with E-state index in [2.05, 4.69) is 22.2 Å². The first-order valence-electron chi connectivity index (χ1n) is 10.4. The Labute approximate surface area is 170 Å². The molecule has 1 aliphatic heterocycles. The second-order valence-corrected chi connectivity index (χ2v) is 7.52. The van der Waals surface area contributed by atoms with Crippen molar-refractivity contribution in [3.8, 4) is 0 Å². The van der Waals surface area contributed by atoms with Crippen molar-refractivity contribution in [1.82, 2.24) is 14.6 Å². The highest BCUT2D eigenvalue weighted by atomic mass is 16.5. The number of fused-ring (bicyclic) bond motifs is 1. The topological polar surface area (TPSA) is 92.6 Å². The standard InChI is InChI=1S/C21H28N6O2/c1-2-18-20(22-14-16-6-5-10-25(29)15-16)24-27-12-8-19(23-21(18)27)26-11-4-3-7-17(26)9-13-28/h5-6,8,10,12,15,17,28H,2-4,7,9,11,13-14H2,1H3,(H,22,24). The molecule has 1 unspecified atom stereocenters. The predicted molar refractivity (Wildman–Crippen MR) is 112 cm³/mol. The van der Waals surface area contributed by atoms with Crippen LogP contribution in [0.5, 0.6) is 0 Å². The lowest BCUT2D eigenvalue weighted by molar-refractivity contribution is -0.605. The number of aliphatic hydroxyl groups is 1. The lowest BCUT2D eigenvalue weighted by atomic mass is 10.00. The summed E-state index contributed by atoms with van der Waals surface area (Å²) in [5.41, 5.74) is 2.82. The van der Waals surface area contributed by atoms with E-state index in [1.165, 1.54) is 12.6 Å². The third-order valence-corrected chi connectivity index (χ3v) is 5.60. The first-order chi connectivity index (χ1) is 14.2. The zero-order valence-electron chi connectivity index (χ0n) is 16.8. The number of aliphatic hydroxyl groups excluding tert-OH is 1. The van der Waals surface area contributed by atoms with Crippen molar-refractivity contribution in [3.05, 3.63) is 53.1 Å². The van der Waals surface area contributed by atoms with Crippen molar-refractivity contribution in [2.45, 2.75) is 51.6 Å². The van der Waals surface area contributed by atoms with E-state index >= 15 is 0 Å². The largest absolute Gasteiger partial charge is 0.619 e. The minimum Gasteiger partial charge on any atom is -0.619 e. The SMILES string of the molecule is CCc1c(NCc2ccc[n+]([O-])c2)nn2ccc(N3CCCCC3CCO)nc12. The van der Waals surface area contributed by atoms with Crippen molar-refractivity contribution >= 4 is 17.3 Å². The average molecular weight is 396 g/mol. The number of aryl methyl sites for hydroxylation is 1. The molecule has 3 aromatic rings. The maximum Gasteiger partial charge on any atom is 0.185 e. The molecule has 0 spiro atoms. The monoisotopic (exact) mass is 396 g/mol. The second kappa shape index (κ2) is 8.65. The Morgan fingerprint density at radius 3 is 3.03 bits per heavy atom. The van der Waals surface area contributed by atoms with Gasteiger partial charge in [0, 0.05) is 49.1 Å². The fraction of sp³-hybridized carbons (Fsp3) is 0.476. The van der Waals surface area contributed by atoms with Crippen LogP contribution in [-0.2, 0) is 13.0 Å².